The van der Waals surface area contributed by atoms with Crippen molar-refractivity contribution in [3.05, 3.63) is 53.9 Å². The van der Waals surface area contributed by atoms with Gasteiger partial charge in [-0.1, -0.05) is 24.3 Å². The maximum atomic E-state index is 12.8. The number of hydrogen-bond donors (Lipinski definition) is 1. The number of methoxy groups -OCH3 is 1. The van der Waals surface area contributed by atoms with Crippen molar-refractivity contribution in [1.82, 2.24) is 19.8 Å². The number of likely N-dealkylation sites (tertiary alicyclic amines) is 1. The van der Waals surface area contributed by atoms with Crippen LogP contribution in [0.2, 0.25) is 0 Å². The third-order valence-electron chi connectivity index (χ3n) is 7.36. The molecule has 0 saturated carbocycles. The van der Waals surface area contributed by atoms with Crippen LogP contribution in [0.3, 0.4) is 0 Å². The van der Waals surface area contributed by atoms with Crippen LogP contribution in [-0.2, 0) is 20.8 Å². The molecule has 5 rings (SSSR count). The average molecular weight is 562 g/mol. The van der Waals surface area contributed by atoms with Gasteiger partial charge in [-0.15, -0.1) is 0 Å². The second kappa shape index (κ2) is 12.4. The predicted octanol–water partition coefficient (Wildman–Crippen LogP) is 4.73. The van der Waals surface area contributed by atoms with Crippen LogP contribution in [0.4, 0.5) is 10.6 Å². The number of amides is 1. The molecular weight excluding hydrogens is 522 g/mol. The van der Waals surface area contributed by atoms with Gasteiger partial charge in [-0.05, 0) is 62.4 Å². The quantitative estimate of drug-likeness (QED) is 0.428. The number of anilines is 1. The number of carbonyl (C=O) groups is 2. The Bertz CT molecular complexity index is 1380. The fourth-order valence-electron chi connectivity index (χ4n) is 5.32. The van der Waals surface area contributed by atoms with Crippen molar-refractivity contribution in [2.75, 3.05) is 51.8 Å². The van der Waals surface area contributed by atoms with Crippen molar-refractivity contribution < 1.29 is 23.8 Å². The fraction of sp³-hybridized carbons (Fsp3) is 0.484. The number of benzene rings is 2. The van der Waals surface area contributed by atoms with Gasteiger partial charge >= 0.3 is 12.1 Å². The van der Waals surface area contributed by atoms with E-state index >= 15 is 0 Å². The molecule has 218 valence electrons. The lowest BCUT2D eigenvalue weighted by Gasteiger charge is -2.34. The summed E-state index contributed by atoms with van der Waals surface area (Å²) >= 11 is 0. The smallest absolute Gasteiger partial charge is 0.410 e. The van der Waals surface area contributed by atoms with Crippen LogP contribution in [0.25, 0.3) is 22.0 Å². The zero-order chi connectivity index (χ0) is 29.0. The summed E-state index contributed by atoms with van der Waals surface area (Å²) in [5.41, 5.74) is 3.41. The largest absolute Gasteiger partial charge is 0.465 e. The second-order valence-corrected chi connectivity index (χ2v) is 11.6. The lowest BCUT2D eigenvalue weighted by Crippen LogP contribution is -2.47. The van der Waals surface area contributed by atoms with E-state index in [4.69, 9.17) is 14.2 Å². The van der Waals surface area contributed by atoms with Crippen LogP contribution in [-0.4, -0.2) is 90.0 Å². The van der Waals surface area contributed by atoms with Crippen molar-refractivity contribution in [2.24, 2.45) is 0 Å². The number of fused-ring (bicyclic) bond motifs is 1. The predicted molar refractivity (Wildman–Crippen MR) is 157 cm³/mol. The number of piperidine rings is 1. The molecule has 1 N–H and O–H groups in total. The topological polar surface area (TPSA) is 106 Å². The van der Waals surface area contributed by atoms with E-state index in [0.29, 0.717) is 30.0 Å². The molecule has 0 unspecified atom stereocenters. The number of aromatic nitrogens is 2. The van der Waals surface area contributed by atoms with Crippen LogP contribution in [0.15, 0.2) is 42.7 Å². The van der Waals surface area contributed by atoms with Gasteiger partial charge in [-0.3, -0.25) is 4.90 Å². The SMILES string of the molecule is COC(=O)c1cc(-c2ccc(CN3CCOCC3)cc2)cc2c(N[C@H]3CCCN(C(=O)OC(C)(C)C)C3)ncnc12. The van der Waals surface area contributed by atoms with Crippen LogP contribution >= 0.6 is 0 Å². The van der Waals surface area contributed by atoms with E-state index in [0.717, 1.165) is 62.2 Å². The molecule has 0 radical (unpaired) electrons. The van der Waals surface area contributed by atoms with Gasteiger partial charge in [0.25, 0.3) is 0 Å². The Balaban J connectivity index is 1.42. The number of nitrogens with one attached hydrogen (secondary N) is 1. The first-order valence-electron chi connectivity index (χ1n) is 14.2. The molecule has 41 heavy (non-hydrogen) atoms. The molecular formula is C31H39N5O5. The van der Waals surface area contributed by atoms with E-state index in [-0.39, 0.29) is 12.1 Å². The Kier molecular flexibility index (Phi) is 8.70. The molecule has 2 saturated heterocycles. The normalized spacial score (nSPS) is 18.2. The molecule has 0 aliphatic carbocycles. The van der Waals surface area contributed by atoms with Gasteiger partial charge < -0.3 is 24.4 Å². The summed E-state index contributed by atoms with van der Waals surface area (Å²) in [5.74, 6) is 0.154. The van der Waals surface area contributed by atoms with Crippen molar-refractivity contribution in [3.8, 4) is 11.1 Å². The Morgan fingerprint density at radius 2 is 1.80 bits per heavy atom. The monoisotopic (exact) mass is 561 g/mol. The summed E-state index contributed by atoms with van der Waals surface area (Å²) in [6.07, 6.45) is 2.85. The van der Waals surface area contributed by atoms with Gasteiger partial charge in [0.15, 0.2) is 0 Å². The summed E-state index contributed by atoms with van der Waals surface area (Å²) in [4.78, 5) is 38.7. The highest BCUT2D eigenvalue weighted by atomic mass is 16.6. The lowest BCUT2D eigenvalue weighted by atomic mass is 9.98. The highest BCUT2D eigenvalue weighted by molar-refractivity contribution is 6.07. The molecule has 10 heteroatoms. The molecule has 3 aromatic rings. The Morgan fingerprint density at radius 3 is 2.51 bits per heavy atom. The van der Waals surface area contributed by atoms with E-state index in [2.05, 4.69) is 44.5 Å². The molecule has 1 aromatic heterocycles. The van der Waals surface area contributed by atoms with E-state index < -0.39 is 11.6 Å². The second-order valence-electron chi connectivity index (χ2n) is 11.6. The number of carbonyl (C=O) groups excluding carboxylic acids is 2. The number of ether oxygens (including phenoxy) is 3. The lowest BCUT2D eigenvalue weighted by molar-refractivity contribution is 0.0206. The summed E-state index contributed by atoms with van der Waals surface area (Å²) in [6.45, 7) is 11.0. The number of morpholine rings is 1. The first-order valence-corrected chi connectivity index (χ1v) is 14.2. The molecule has 2 aromatic carbocycles. The number of nitrogens with zero attached hydrogens (tertiary/aromatic N) is 4. The molecule has 3 heterocycles. The van der Waals surface area contributed by atoms with Gasteiger partial charge in [0, 0.05) is 44.2 Å². The molecule has 1 atom stereocenters. The summed E-state index contributed by atoms with van der Waals surface area (Å²) < 4.78 is 16.2. The van der Waals surface area contributed by atoms with Crippen molar-refractivity contribution >= 4 is 28.8 Å². The van der Waals surface area contributed by atoms with Crippen molar-refractivity contribution in [3.63, 3.8) is 0 Å². The molecule has 0 spiro atoms. The third-order valence-corrected chi connectivity index (χ3v) is 7.36. The molecule has 0 bridgehead atoms. The molecule has 1 amide bonds. The van der Waals surface area contributed by atoms with Crippen LogP contribution in [0.1, 0.15) is 49.5 Å². The zero-order valence-electron chi connectivity index (χ0n) is 24.3. The Morgan fingerprint density at radius 1 is 1.05 bits per heavy atom. The first-order chi connectivity index (χ1) is 19.7. The molecule has 2 aliphatic rings. The zero-order valence-corrected chi connectivity index (χ0v) is 24.3. The van der Waals surface area contributed by atoms with Crippen LogP contribution in [0.5, 0.6) is 0 Å². The molecule has 2 fully saturated rings. The molecule has 2 aliphatic heterocycles. The van der Waals surface area contributed by atoms with Gasteiger partial charge in [0.05, 0.1) is 31.4 Å². The minimum Gasteiger partial charge on any atom is -0.465 e. The minimum absolute atomic E-state index is 0.0286. The van der Waals surface area contributed by atoms with E-state index in [1.807, 2.05) is 32.9 Å². The summed E-state index contributed by atoms with van der Waals surface area (Å²) in [5, 5.41) is 4.24. The highest BCUT2D eigenvalue weighted by Crippen LogP contribution is 2.32. The van der Waals surface area contributed by atoms with Gasteiger partial charge in [0.2, 0.25) is 0 Å². The maximum Gasteiger partial charge on any atom is 0.410 e. The van der Waals surface area contributed by atoms with Crippen LogP contribution in [0, 0.1) is 0 Å². The Hall–Kier alpha value is -3.76. The number of rotatable bonds is 6. The summed E-state index contributed by atoms with van der Waals surface area (Å²) in [7, 11) is 1.37. The van der Waals surface area contributed by atoms with Crippen molar-refractivity contribution in [2.45, 2.75) is 51.8 Å². The van der Waals surface area contributed by atoms with E-state index in [1.54, 1.807) is 4.90 Å². The third kappa shape index (κ3) is 7.12. The van der Waals surface area contributed by atoms with Crippen LogP contribution < -0.4 is 5.32 Å². The van der Waals surface area contributed by atoms with Gasteiger partial charge in [-0.2, -0.15) is 0 Å². The first kappa shape index (κ1) is 28.8. The number of hydrogen-bond acceptors (Lipinski definition) is 9. The van der Waals surface area contributed by atoms with Gasteiger partial charge in [0.1, 0.15) is 17.7 Å². The average Bonchev–Trinajstić information content (AvgIpc) is 2.97. The van der Waals surface area contributed by atoms with E-state index in [1.165, 1.54) is 19.0 Å². The number of esters is 1. The Labute approximate surface area is 241 Å². The van der Waals surface area contributed by atoms with Gasteiger partial charge in [-0.25, -0.2) is 19.6 Å². The van der Waals surface area contributed by atoms with Crippen molar-refractivity contribution in [1.29, 1.82) is 0 Å². The highest BCUT2D eigenvalue weighted by Gasteiger charge is 2.28. The fourth-order valence-corrected chi connectivity index (χ4v) is 5.32. The standard InChI is InChI=1S/C31H39N5O5/c1-31(2,3)41-30(38)36-11-5-6-24(19-36)34-28-25-16-23(17-26(29(37)39-4)27(25)32-20-33-28)22-9-7-21(8-10-22)18-35-12-14-40-15-13-35/h7-10,16-17,20,24H,5-6,11-15,18-19H2,1-4H3,(H,32,33,34)/t24-/m0/s1. The summed E-state index contributed by atoms with van der Waals surface area (Å²) in [6, 6.07) is 12.2. The maximum absolute atomic E-state index is 12.8. The minimum atomic E-state index is -0.554. The van der Waals surface area contributed by atoms with E-state index in [9.17, 15) is 9.59 Å². The molecule has 10 nitrogen and oxygen atoms in total.